The number of benzene rings is 3. The summed E-state index contributed by atoms with van der Waals surface area (Å²) in [6.07, 6.45) is -0.188. The van der Waals surface area contributed by atoms with Gasteiger partial charge >= 0.3 is 5.97 Å². The van der Waals surface area contributed by atoms with Crippen LogP contribution < -0.4 is 9.47 Å². The molecule has 1 aliphatic rings. The molecule has 0 aliphatic carbocycles. The number of hydrogen-bond donors (Lipinski definition) is 2. The van der Waals surface area contributed by atoms with E-state index < -0.39 is 12.1 Å². The summed E-state index contributed by atoms with van der Waals surface area (Å²) in [5.74, 6) is 0.106. The summed E-state index contributed by atoms with van der Waals surface area (Å²) < 4.78 is 11.9. The zero-order valence-corrected chi connectivity index (χ0v) is 17.8. The monoisotopic (exact) mass is 441 g/mol. The molecule has 0 unspecified atom stereocenters. The minimum Gasteiger partial charge on any atom is -0.493 e. The highest BCUT2D eigenvalue weighted by atomic mass is 16.5. The van der Waals surface area contributed by atoms with Crippen molar-refractivity contribution in [2.75, 3.05) is 6.61 Å². The molecular formula is C27H23NO5. The van der Waals surface area contributed by atoms with Crippen molar-refractivity contribution in [1.82, 2.24) is 4.98 Å². The van der Waals surface area contributed by atoms with Crippen LogP contribution in [0.2, 0.25) is 0 Å². The predicted octanol–water partition coefficient (Wildman–Crippen LogP) is 4.80. The Hall–Kier alpha value is -3.90. The fourth-order valence-corrected chi connectivity index (χ4v) is 4.17. The summed E-state index contributed by atoms with van der Waals surface area (Å²) >= 11 is 0. The van der Waals surface area contributed by atoms with Gasteiger partial charge in [0.05, 0.1) is 29.5 Å². The molecule has 0 amide bonds. The van der Waals surface area contributed by atoms with Crippen LogP contribution in [0.4, 0.5) is 0 Å². The van der Waals surface area contributed by atoms with Crippen LogP contribution in [-0.4, -0.2) is 27.8 Å². The number of fused-ring (bicyclic) bond motifs is 2. The Morgan fingerprint density at radius 1 is 1.03 bits per heavy atom. The van der Waals surface area contributed by atoms with Gasteiger partial charge in [-0.25, -0.2) is 9.78 Å². The van der Waals surface area contributed by atoms with Crippen LogP contribution in [-0.2, 0) is 13.0 Å². The van der Waals surface area contributed by atoms with E-state index in [1.54, 1.807) is 24.3 Å². The fraction of sp³-hybridized carbons (Fsp3) is 0.185. The van der Waals surface area contributed by atoms with E-state index in [4.69, 9.17) is 9.47 Å². The molecule has 33 heavy (non-hydrogen) atoms. The molecule has 4 aromatic rings. The normalized spacial score (nSPS) is 17.2. The molecule has 0 bridgehead atoms. The van der Waals surface area contributed by atoms with E-state index in [0.717, 1.165) is 22.2 Å². The third-order valence-corrected chi connectivity index (χ3v) is 5.92. The first-order valence-corrected chi connectivity index (χ1v) is 10.8. The molecule has 0 fully saturated rings. The van der Waals surface area contributed by atoms with E-state index in [1.807, 2.05) is 54.6 Å². The van der Waals surface area contributed by atoms with E-state index in [1.165, 1.54) is 0 Å². The van der Waals surface area contributed by atoms with Gasteiger partial charge in [-0.1, -0.05) is 36.4 Å². The molecule has 0 spiro atoms. The summed E-state index contributed by atoms with van der Waals surface area (Å²) in [5.41, 5.74) is 3.55. The van der Waals surface area contributed by atoms with Crippen molar-refractivity contribution in [3.05, 3.63) is 101 Å². The van der Waals surface area contributed by atoms with Crippen LogP contribution in [0.25, 0.3) is 10.9 Å². The average molecular weight is 441 g/mol. The molecule has 6 heteroatoms. The van der Waals surface area contributed by atoms with Gasteiger partial charge in [0.2, 0.25) is 0 Å². The molecule has 0 radical (unpaired) electrons. The molecule has 0 saturated heterocycles. The van der Waals surface area contributed by atoms with Crippen molar-refractivity contribution in [1.29, 1.82) is 0 Å². The van der Waals surface area contributed by atoms with Crippen molar-refractivity contribution in [3.63, 3.8) is 0 Å². The number of ether oxygens (including phenoxy) is 2. The molecule has 2 heterocycles. The number of para-hydroxylation sites is 1. The zero-order chi connectivity index (χ0) is 22.8. The first kappa shape index (κ1) is 21.0. The van der Waals surface area contributed by atoms with Crippen LogP contribution in [0.15, 0.2) is 78.9 Å². The minimum absolute atomic E-state index is 0.171. The number of aliphatic hydroxyl groups excluding tert-OH is 1. The Balaban J connectivity index is 1.26. The lowest BCUT2D eigenvalue weighted by Gasteiger charge is -2.30. The Kier molecular flexibility index (Phi) is 5.67. The summed E-state index contributed by atoms with van der Waals surface area (Å²) in [6, 6.07) is 24.1. The fourth-order valence-electron chi connectivity index (χ4n) is 4.17. The molecule has 1 aliphatic heterocycles. The van der Waals surface area contributed by atoms with Gasteiger partial charge in [-0.05, 0) is 48.4 Å². The first-order valence-electron chi connectivity index (χ1n) is 10.8. The molecule has 5 rings (SSSR count). The maximum Gasteiger partial charge on any atom is 0.335 e. The number of aromatic carboxylic acids is 1. The quantitative estimate of drug-likeness (QED) is 0.447. The highest BCUT2D eigenvalue weighted by molar-refractivity contribution is 5.87. The number of pyridine rings is 1. The molecular weight excluding hydrogens is 418 g/mol. The summed E-state index contributed by atoms with van der Waals surface area (Å²) in [6.45, 7) is 0.663. The van der Waals surface area contributed by atoms with Crippen molar-refractivity contribution in [2.24, 2.45) is 5.92 Å². The maximum absolute atomic E-state index is 11.2. The van der Waals surface area contributed by atoms with Crippen LogP contribution in [0.1, 0.15) is 33.3 Å². The second-order valence-electron chi connectivity index (χ2n) is 8.21. The van der Waals surface area contributed by atoms with Crippen LogP contribution in [0.3, 0.4) is 0 Å². The van der Waals surface area contributed by atoms with Crippen LogP contribution >= 0.6 is 0 Å². The molecule has 2 atom stereocenters. The summed E-state index contributed by atoms with van der Waals surface area (Å²) in [7, 11) is 0. The second kappa shape index (κ2) is 8.92. The van der Waals surface area contributed by atoms with Gasteiger partial charge in [-0.3, -0.25) is 0 Å². The van der Waals surface area contributed by atoms with Gasteiger partial charge in [-0.15, -0.1) is 0 Å². The minimum atomic E-state index is -0.964. The lowest BCUT2D eigenvalue weighted by Crippen LogP contribution is -2.27. The van der Waals surface area contributed by atoms with E-state index in [2.05, 4.69) is 4.98 Å². The van der Waals surface area contributed by atoms with E-state index in [-0.39, 0.29) is 11.5 Å². The number of aliphatic hydroxyl groups is 1. The third-order valence-electron chi connectivity index (χ3n) is 5.92. The number of carbonyl (C=O) groups is 1. The van der Waals surface area contributed by atoms with Gasteiger partial charge in [-0.2, -0.15) is 0 Å². The molecule has 6 nitrogen and oxygen atoms in total. The van der Waals surface area contributed by atoms with Gasteiger partial charge < -0.3 is 19.7 Å². The number of hydrogen-bond acceptors (Lipinski definition) is 5. The zero-order valence-electron chi connectivity index (χ0n) is 17.8. The average Bonchev–Trinajstić information content (AvgIpc) is 2.84. The van der Waals surface area contributed by atoms with Crippen LogP contribution in [0.5, 0.6) is 11.5 Å². The summed E-state index contributed by atoms with van der Waals surface area (Å²) in [5, 5.41) is 21.2. The smallest absolute Gasteiger partial charge is 0.335 e. The van der Waals surface area contributed by atoms with Crippen LogP contribution in [0, 0.1) is 5.92 Å². The maximum atomic E-state index is 11.2. The van der Waals surface area contributed by atoms with Gasteiger partial charge in [0.1, 0.15) is 18.1 Å². The number of nitrogens with zero attached hydrogens (tertiary/aromatic N) is 1. The van der Waals surface area contributed by atoms with E-state index >= 15 is 0 Å². The van der Waals surface area contributed by atoms with Crippen molar-refractivity contribution >= 4 is 16.9 Å². The number of carboxylic acid groups (broad SMARTS) is 1. The third kappa shape index (κ3) is 4.52. The van der Waals surface area contributed by atoms with Gasteiger partial charge in [0.25, 0.3) is 0 Å². The van der Waals surface area contributed by atoms with Crippen molar-refractivity contribution in [3.8, 4) is 11.5 Å². The Morgan fingerprint density at radius 2 is 1.91 bits per heavy atom. The topological polar surface area (TPSA) is 88.9 Å². The lowest BCUT2D eigenvalue weighted by molar-refractivity contribution is 0.0505. The Morgan fingerprint density at radius 3 is 2.79 bits per heavy atom. The van der Waals surface area contributed by atoms with E-state index in [9.17, 15) is 15.0 Å². The lowest BCUT2D eigenvalue weighted by atomic mass is 9.88. The molecule has 2 N–H and O–H groups in total. The standard InChI is InChI=1S/C27H23NO5/c29-26-20(13-17-4-3-6-19(12-17)27(30)31)15-33-25-14-22(10-11-23(25)26)32-16-21-9-8-18-5-1-2-7-24(18)28-21/h1-12,14,20,26,29H,13,15-16H2,(H,30,31)/t20-,26+/m0/s1. The molecule has 1 aromatic heterocycles. The van der Waals surface area contributed by atoms with Crippen molar-refractivity contribution in [2.45, 2.75) is 19.1 Å². The SMILES string of the molecule is O=C(O)c1cccc(C[C@H]2COc3cc(OCc4ccc5ccccc5n4)ccc3[C@@H]2O)c1. The molecule has 3 aromatic carbocycles. The highest BCUT2D eigenvalue weighted by Crippen LogP contribution is 2.39. The Labute approximate surface area is 191 Å². The number of aromatic nitrogens is 1. The van der Waals surface area contributed by atoms with Crippen molar-refractivity contribution < 1.29 is 24.5 Å². The first-order chi connectivity index (χ1) is 16.1. The highest BCUT2D eigenvalue weighted by Gasteiger charge is 2.30. The number of carboxylic acids is 1. The molecule has 166 valence electrons. The van der Waals surface area contributed by atoms with Gasteiger partial charge in [0.15, 0.2) is 0 Å². The van der Waals surface area contributed by atoms with Gasteiger partial charge in [0, 0.05) is 22.9 Å². The summed E-state index contributed by atoms with van der Waals surface area (Å²) in [4.78, 5) is 15.8. The second-order valence-corrected chi connectivity index (χ2v) is 8.21. The largest absolute Gasteiger partial charge is 0.493 e. The molecule has 0 saturated carbocycles. The van der Waals surface area contributed by atoms with E-state index in [0.29, 0.717) is 36.7 Å². The predicted molar refractivity (Wildman–Crippen MR) is 124 cm³/mol. The number of rotatable bonds is 6. The Bertz CT molecular complexity index is 1320.